The zero-order valence-electron chi connectivity index (χ0n) is 17.8. The SMILES string of the molecule is Cc1cc(C(c2cc(C)c(O)c(C)c2C)c2cccc(O)c2O)c(C)c(C)c1O. The summed E-state index contributed by atoms with van der Waals surface area (Å²) in [5.74, 6) is -0.191. The van der Waals surface area contributed by atoms with Crippen molar-refractivity contribution in [3.05, 3.63) is 80.4 Å². The quantitative estimate of drug-likeness (QED) is 0.348. The molecule has 0 fully saturated rings. The molecule has 4 heteroatoms. The standard InChI is InChI=1S/C25H28O4/c1-12-10-19(14(3)16(5)23(12)27)22(18-8-7-9-21(26)25(18)29)20-11-13(2)24(28)17(6)15(20)4/h7-11,22,26-29H,1-6H3. The van der Waals surface area contributed by atoms with Gasteiger partial charge >= 0.3 is 0 Å². The summed E-state index contributed by atoms with van der Waals surface area (Å²) >= 11 is 0. The summed E-state index contributed by atoms with van der Waals surface area (Å²) < 4.78 is 0. The Morgan fingerprint density at radius 2 is 1.00 bits per heavy atom. The van der Waals surface area contributed by atoms with Crippen molar-refractivity contribution in [2.75, 3.05) is 0 Å². The molecule has 3 rings (SSSR count). The predicted octanol–water partition coefficient (Wildman–Crippen LogP) is 5.54. The molecular formula is C25H28O4. The minimum atomic E-state index is -0.377. The smallest absolute Gasteiger partial charge is 0.161 e. The molecular weight excluding hydrogens is 364 g/mol. The number of aryl methyl sites for hydroxylation is 2. The van der Waals surface area contributed by atoms with E-state index in [0.29, 0.717) is 5.56 Å². The first kappa shape index (κ1) is 20.6. The Morgan fingerprint density at radius 1 is 0.552 bits per heavy atom. The number of para-hydroxylation sites is 1. The fourth-order valence-corrected chi connectivity index (χ4v) is 4.08. The summed E-state index contributed by atoms with van der Waals surface area (Å²) in [6, 6.07) is 8.83. The van der Waals surface area contributed by atoms with Gasteiger partial charge in [-0.2, -0.15) is 0 Å². The Morgan fingerprint density at radius 3 is 1.45 bits per heavy atom. The summed E-state index contributed by atoms with van der Waals surface area (Å²) in [4.78, 5) is 0. The van der Waals surface area contributed by atoms with Crippen LogP contribution >= 0.6 is 0 Å². The summed E-state index contributed by atoms with van der Waals surface area (Å²) in [6.07, 6.45) is 0. The van der Waals surface area contributed by atoms with Gasteiger partial charge in [0.2, 0.25) is 0 Å². The molecule has 152 valence electrons. The van der Waals surface area contributed by atoms with E-state index in [1.165, 1.54) is 6.07 Å². The van der Waals surface area contributed by atoms with Crippen molar-refractivity contribution < 1.29 is 20.4 Å². The second-order valence-corrected chi connectivity index (χ2v) is 7.91. The Labute approximate surface area is 171 Å². The van der Waals surface area contributed by atoms with E-state index in [1.807, 2.05) is 53.7 Å². The minimum Gasteiger partial charge on any atom is -0.507 e. The van der Waals surface area contributed by atoms with Crippen LogP contribution in [0.15, 0.2) is 30.3 Å². The number of rotatable bonds is 3. The maximum absolute atomic E-state index is 10.7. The third-order valence-corrected chi connectivity index (χ3v) is 6.17. The zero-order valence-corrected chi connectivity index (χ0v) is 17.8. The molecule has 0 spiro atoms. The Balaban J connectivity index is 2.45. The fraction of sp³-hybridized carbons (Fsp3) is 0.280. The lowest BCUT2D eigenvalue weighted by Gasteiger charge is -2.27. The lowest BCUT2D eigenvalue weighted by Crippen LogP contribution is -2.10. The molecule has 0 atom stereocenters. The van der Waals surface area contributed by atoms with Crippen LogP contribution in [0.5, 0.6) is 23.0 Å². The first-order valence-electron chi connectivity index (χ1n) is 9.66. The zero-order chi connectivity index (χ0) is 21.6. The van der Waals surface area contributed by atoms with Gasteiger partial charge in [-0.15, -0.1) is 0 Å². The fourth-order valence-electron chi connectivity index (χ4n) is 4.08. The maximum Gasteiger partial charge on any atom is 0.161 e. The molecule has 0 aliphatic heterocycles. The van der Waals surface area contributed by atoms with E-state index in [1.54, 1.807) is 12.1 Å². The summed E-state index contributed by atoms with van der Waals surface area (Å²) in [7, 11) is 0. The Hall–Kier alpha value is -3.14. The summed E-state index contributed by atoms with van der Waals surface area (Å²) in [5, 5.41) is 41.6. The average molecular weight is 392 g/mol. The van der Waals surface area contributed by atoms with E-state index < -0.39 is 0 Å². The van der Waals surface area contributed by atoms with Crippen molar-refractivity contribution in [3.8, 4) is 23.0 Å². The third-order valence-electron chi connectivity index (χ3n) is 6.17. The summed E-state index contributed by atoms with van der Waals surface area (Å²) in [6.45, 7) is 11.4. The van der Waals surface area contributed by atoms with Gasteiger partial charge in [-0.25, -0.2) is 0 Å². The highest BCUT2D eigenvalue weighted by Crippen LogP contribution is 2.46. The van der Waals surface area contributed by atoms with Crippen LogP contribution in [-0.4, -0.2) is 20.4 Å². The molecule has 3 aromatic rings. The van der Waals surface area contributed by atoms with E-state index in [-0.39, 0.29) is 28.9 Å². The molecule has 3 aromatic carbocycles. The monoisotopic (exact) mass is 392 g/mol. The highest BCUT2D eigenvalue weighted by molar-refractivity contribution is 5.61. The van der Waals surface area contributed by atoms with Gasteiger partial charge in [-0.3, -0.25) is 0 Å². The molecule has 0 bridgehead atoms. The first-order chi connectivity index (χ1) is 13.6. The molecule has 4 nitrogen and oxygen atoms in total. The Bertz CT molecular complexity index is 1050. The molecule has 29 heavy (non-hydrogen) atoms. The topological polar surface area (TPSA) is 80.9 Å². The van der Waals surface area contributed by atoms with Gasteiger partial charge in [0.05, 0.1) is 0 Å². The second kappa shape index (κ2) is 7.36. The van der Waals surface area contributed by atoms with Crippen LogP contribution < -0.4 is 0 Å². The van der Waals surface area contributed by atoms with E-state index in [2.05, 4.69) is 0 Å². The number of hydrogen-bond acceptors (Lipinski definition) is 4. The molecule has 0 saturated heterocycles. The average Bonchev–Trinajstić information content (AvgIpc) is 2.69. The predicted molar refractivity (Wildman–Crippen MR) is 115 cm³/mol. The largest absolute Gasteiger partial charge is 0.507 e. The van der Waals surface area contributed by atoms with Crippen molar-refractivity contribution in [2.24, 2.45) is 0 Å². The number of hydrogen-bond donors (Lipinski definition) is 4. The first-order valence-corrected chi connectivity index (χ1v) is 9.66. The van der Waals surface area contributed by atoms with Crippen molar-refractivity contribution in [1.29, 1.82) is 0 Å². The number of phenolic OH excluding ortho intramolecular Hbond substituents is 4. The second-order valence-electron chi connectivity index (χ2n) is 7.91. The molecule has 0 radical (unpaired) electrons. The van der Waals surface area contributed by atoms with Crippen LogP contribution in [0.1, 0.15) is 56.0 Å². The third kappa shape index (κ3) is 3.29. The van der Waals surface area contributed by atoms with E-state index in [9.17, 15) is 20.4 Å². The van der Waals surface area contributed by atoms with Gasteiger partial charge in [-0.05, 0) is 92.1 Å². The van der Waals surface area contributed by atoms with Crippen LogP contribution in [0, 0.1) is 41.5 Å². The normalized spacial score (nSPS) is 11.3. The molecule has 0 amide bonds. The molecule has 0 aliphatic carbocycles. The summed E-state index contributed by atoms with van der Waals surface area (Å²) in [5.41, 5.74) is 7.36. The van der Waals surface area contributed by atoms with Crippen molar-refractivity contribution in [1.82, 2.24) is 0 Å². The molecule has 4 N–H and O–H groups in total. The Kier molecular flexibility index (Phi) is 5.22. The minimum absolute atomic E-state index is 0.164. The molecule has 0 heterocycles. The number of aromatic hydroxyl groups is 4. The number of benzene rings is 3. The van der Waals surface area contributed by atoms with Crippen LogP contribution in [0.25, 0.3) is 0 Å². The van der Waals surface area contributed by atoms with Gasteiger partial charge in [-0.1, -0.05) is 24.3 Å². The highest BCUT2D eigenvalue weighted by Gasteiger charge is 2.27. The maximum atomic E-state index is 10.7. The molecule has 0 unspecified atom stereocenters. The van der Waals surface area contributed by atoms with Gasteiger partial charge < -0.3 is 20.4 Å². The van der Waals surface area contributed by atoms with Crippen molar-refractivity contribution >= 4 is 0 Å². The molecule has 0 aliphatic rings. The van der Waals surface area contributed by atoms with Gasteiger partial charge in [0.1, 0.15) is 11.5 Å². The van der Waals surface area contributed by atoms with Crippen LogP contribution in [-0.2, 0) is 0 Å². The van der Waals surface area contributed by atoms with Gasteiger partial charge in [0.25, 0.3) is 0 Å². The van der Waals surface area contributed by atoms with Crippen molar-refractivity contribution in [3.63, 3.8) is 0 Å². The van der Waals surface area contributed by atoms with Crippen LogP contribution in [0.4, 0.5) is 0 Å². The molecule has 0 saturated carbocycles. The highest BCUT2D eigenvalue weighted by atomic mass is 16.3. The van der Waals surface area contributed by atoms with Crippen LogP contribution in [0.2, 0.25) is 0 Å². The lowest BCUT2D eigenvalue weighted by atomic mass is 9.78. The van der Waals surface area contributed by atoms with Crippen LogP contribution in [0.3, 0.4) is 0 Å². The number of phenols is 4. The van der Waals surface area contributed by atoms with Gasteiger partial charge in [0.15, 0.2) is 11.5 Å². The molecule has 0 aromatic heterocycles. The van der Waals surface area contributed by atoms with E-state index in [4.69, 9.17) is 0 Å². The van der Waals surface area contributed by atoms with E-state index >= 15 is 0 Å². The van der Waals surface area contributed by atoms with E-state index in [0.717, 1.165) is 44.5 Å². The van der Waals surface area contributed by atoms with Crippen molar-refractivity contribution in [2.45, 2.75) is 47.5 Å². The van der Waals surface area contributed by atoms with Gasteiger partial charge in [0, 0.05) is 11.5 Å². The lowest BCUT2D eigenvalue weighted by molar-refractivity contribution is 0.398.